The molecule has 0 unspecified atom stereocenters. The standard InChI is InChI=1S/C17H22N2O4/c1-13(20)18-6-8-19(9-7-18)17(21)5-4-14-10-15(22-2)12-16(11-14)23-3/h4-5,10-12H,6-9H2,1-3H3/b5-4+. The van der Waals surface area contributed by atoms with Crippen LogP contribution in [0.2, 0.25) is 0 Å². The molecule has 0 atom stereocenters. The Morgan fingerprint density at radius 3 is 1.96 bits per heavy atom. The molecule has 1 aromatic carbocycles. The first-order chi connectivity index (χ1) is 11.0. The summed E-state index contributed by atoms with van der Waals surface area (Å²) in [7, 11) is 3.17. The van der Waals surface area contributed by atoms with Gasteiger partial charge in [-0.2, -0.15) is 0 Å². The molecule has 0 bridgehead atoms. The molecule has 1 heterocycles. The molecule has 0 aliphatic carbocycles. The number of piperazine rings is 1. The Hall–Kier alpha value is -2.50. The molecule has 0 saturated carbocycles. The second kappa shape index (κ2) is 7.67. The van der Waals surface area contributed by atoms with Crippen LogP contribution in [0.15, 0.2) is 24.3 Å². The SMILES string of the molecule is COc1cc(/C=C/C(=O)N2CCN(C(C)=O)CC2)cc(OC)c1. The van der Waals surface area contributed by atoms with E-state index in [4.69, 9.17) is 9.47 Å². The van der Waals surface area contributed by atoms with Gasteiger partial charge in [0, 0.05) is 45.2 Å². The normalized spacial score (nSPS) is 14.9. The van der Waals surface area contributed by atoms with Crippen LogP contribution in [0.25, 0.3) is 6.08 Å². The Labute approximate surface area is 136 Å². The van der Waals surface area contributed by atoms with Gasteiger partial charge in [0.1, 0.15) is 11.5 Å². The molecule has 0 N–H and O–H groups in total. The number of carbonyl (C=O) groups excluding carboxylic acids is 2. The van der Waals surface area contributed by atoms with Gasteiger partial charge in [-0.1, -0.05) is 0 Å². The largest absolute Gasteiger partial charge is 0.497 e. The van der Waals surface area contributed by atoms with Gasteiger partial charge < -0.3 is 19.3 Å². The van der Waals surface area contributed by atoms with Crippen LogP contribution >= 0.6 is 0 Å². The van der Waals surface area contributed by atoms with E-state index in [0.717, 1.165) is 5.56 Å². The van der Waals surface area contributed by atoms with Crippen molar-refractivity contribution < 1.29 is 19.1 Å². The lowest BCUT2D eigenvalue weighted by Crippen LogP contribution is -2.49. The van der Waals surface area contributed by atoms with Gasteiger partial charge in [0.15, 0.2) is 0 Å². The molecule has 23 heavy (non-hydrogen) atoms. The average Bonchev–Trinajstić information content (AvgIpc) is 2.59. The van der Waals surface area contributed by atoms with Crippen LogP contribution in [0, 0.1) is 0 Å². The van der Waals surface area contributed by atoms with Crippen LogP contribution in [-0.4, -0.2) is 62.0 Å². The highest BCUT2D eigenvalue weighted by molar-refractivity contribution is 5.92. The van der Waals surface area contributed by atoms with Crippen LogP contribution in [0.5, 0.6) is 11.5 Å². The number of hydrogen-bond donors (Lipinski definition) is 0. The van der Waals surface area contributed by atoms with Crippen molar-refractivity contribution in [3.05, 3.63) is 29.8 Å². The van der Waals surface area contributed by atoms with Crippen LogP contribution < -0.4 is 9.47 Å². The first kappa shape index (κ1) is 16.9. The first-order valence-corrected chi connectivity index (χ1v) is 7.49. The zero-order chi connectivity index (χ0) is 16.8. The number of rotatable bonds is 4. The van der Waals surface area contributed by atoms with Gasteiger partial charge in [-0.25, -0.2) is 0 Å². The number of carbonyl (C=O) groups is 2. The third-order valence-corrected chi connectivity index (χ3v) is 3.83. The van der Waals surface area contributed by atoms with Crippen LogP contribution in [0.4, 0.5) is 0 Å². The summed E-state index contributed by atoms with van der Waals surface area (Å²) in [6.45, 7) is 3.84. The molecular formula is C17H22N2O4. The fourth-order valence-electron chi connectivity index (χ4n) is 2.44. The summed E-state index contributed by atoms with van der Waals surface area (Å²) in [5.74, 6) is 1.34. The fourth-order valence-corrected chi connectivity index (χ4v) is 2.44. The monoisotopic (exact) mass is 318 g/mol. The maximum absolute atomic E-state index is 12.2. The molecule has 0 aromatic heterocycles. The van der Waals surface area contributed by atoms with E-state index in [1.54, 1.807) is 43.1 Å². The molecule has 2 amide bonds. The fraction of sp³-hybridized carbons (Fsp3) is 0.412. The summed E-state index contributed by atoms with van der Waals surface area (Å²) >= 11 is 0. The number of nitrogens with zero attached hydrogens (tertiary/aromatic N) is 2. The molecule has 124 valence electrons. The van der Waals surface area contributed by atoms with Gasteiger partial charge in [0.2, 0.25) is 11.8 Å². The van der Waals surface area contributed by atoms with Gasteiger partial charge in [-0.3, -0.25) is 9.59 Å². The van der Waals surface area contributed by atoms with E-state index in [0.29, 0.717) is 37.7 Å². The maximum atomic E-state index is 12.2. The summed E-state index contributed by atoms with van der Waals surface area (Å²) in [4.78, 5) is 27.0. The summed E-state index contributed by atoms with van der Waals surface area (Å²) in [5.41, 5.74) is 0.830. The minimum Gasteiger partial charge on any atom is -0.497 e. The number of benzene rings is 1. The molecule has 1 aromatic rings. The lowest BCUT2D eigenvalue weighted by molar-refractivity contribution is -0.135. The smallest absolute Gasteiger partial charge is 0.246 e. The van der Waals surface area contributed by atoms with Crippen molar-refractivity contribution in [2.45, 2.75) is 6.92 Å². The molecule has 1 fully saturated rings. The zero-order valence-corrected chi connectivity index (χ0v) is 13.7. The molecule has 0 radical (unpaired) electrons. The maximum Gasteiger partial charge on any atom is 0.246 e. The molecule has 6 heteroatoms. The van der Waals surface area contributed by atoms with E-state index >= 15 is 0 Å². The number of ether oxygens (including phenoxy) is 2. The van der Waals surface area contributed by atoms with Crippen molar-refractivity contribution >= 4 is 17.9 Å². The van der Waals surface area contributed by atoms with E-state index < -0.39 is 0 Å². The Morgan fingerprint density at radius 1 is 0.957 bits per heavy atom. The number of methoxy groups -OCH3 is 2. The highest BCUT2D eigenvalue weighted by atomic mass is 16.5. The summed E-state index contributed by atoms with van der Waals surface area (Å²) < 4.78 is 10.4. The van der Waals surface area contributed by atoms with Crippen molar-refractivity contribution in [1.82, 2.24) is 9.80 Å². The van der Waals surface area contributed by atoms with Crippen molar-refractivity contribution in [3.8, 4) is 11.5 Å². The van der Waals surface area contributed by atoms with Crippen LogP contribution in [0.3, 0.4) is 0 Å². The topological polar surface area (TPSA) is 59.1 Å². The molecule has 2 rings (SSSR count). The van der Waals surface area contributed by atoms with Gasteiger partial charge in [-0.15, -0.1) is 0 Å². The van der Waals surface area contributed by atoms with Crippen molar-refractivity contribution in [3.63, 3.8) is 0 Å². The second-order valence-corrected chi connectivity index (χ2v) is 5.31. The van der Waals surface area contributed by atoms with Crippen molar-refractivity contribution in [2.24, 2.45) is 0 Å². The van der Waals surface area contributed by atoms with E-state index in [1.165, 1.54) is 6.08 Å². The quantitative estimate of drug-likeness (QED) is 0.788. The lowest BCUT2D eigenvalue weighted by atomic mass is 10.2. The molecular weight excluding hydrogens is 296 g/mol. The summed E-state index contributed by atoms with van der Waals surface area (Å²) in [5, 5.41) is 0. The predicted molar refractivity (Wildman–Crippen MR) is 87.4 cm³/mol. The molecule has 1 saturated heterocycles. The van der Waals surface area contributed by atoms with Crippen LogP contribution in [-0.2, 0) is 9.59 Å². The third kappa shape index (κ3) is 4.48. The molecule has 1 aliphatic heterocycles. The Morgan fingerprint density at radius 2 is 1.48 bits per heavy atom. The number of hydrogen-bond acceptors (Lipinski definition) is 4. The predicted octanol–water partition coefficient (Wildman–Crippen LogP) is 1.41. The van der Waals surface area contributed by atoms with E-state index in [-0.39, 0.29) is 11.8 Å². The minimum absolute atomic E-state index is 0.0520. The highest BCUT2D eigenvalue weighted by Gasteiger charge is 2.20. The summed E-state index contributed by atoms with van der Waals surface area (Å²) in [6, 6.07) is 5.44. The zero-order valence-electron chi connectivity index (χ0n) is 13.7. The van der Waals surface area contributed by atoms with E-state index in [2.05, 4.69) is 0 Å². The van der Waals surface area contributed by atoms with Crippen LogP contribution in [0.1, 0.15) is 12.5 Å². The Kier molecular flexibility index (Phi) is 5.62. The molecule has 0 spiro atoms. The van der Waals surface area contributed by atoms with E-state index in [1.807, 2.05) is 12.1 Å². The van der Waals surface area contributed by atoms with E-state index in [9.17, 15) is 9.59 Å². The van der Waals surface area contributed by atoms with Crippen molar-refractivity contribution in [1.29, 1.82) is 0 Å². The minimum atomic E-state index is -0.0602. The number of amides is 2. The van der Waals surface area contributed by atoms with Gasteiger partial charge >= 0.3 is 0 Å². The summed E-state index contributed by atoms with van der Waals surface area (Å²) in [6.07, 6.45) is 3.28. The Bertz CT molecular complexity index is 582. The van der Waals surface area contributed by atoms with Gasteiger partial charge in [-0.05, 0) is 23.8 Å². The third-order valence-electron chi connectivity index (χ3n) is 3.83. The molecule has 1 aliphatic rings. The first-order valence-electron chi connectivity index (χ1n) is 7.49. The van der Waals surface area contributed by atoms with Gasteiger partial charge in [0.25, 0.3) is 0 Å². The van der Waals surface area contributed by atoms with Gasteiger partial charge in [0.05, 0.1) is 14.2 Å². The highest BCUT2D eigenvalue weighted by Crippen LogP contribution is 2.23. The average molecular weight is 318 g/mol. The Balaban J connectivity index is 2.00. The van der Waals surface area contributed by atoms with Crippen molar-refractivity contribution in [2.75, 3.05) is 40.4 Å². The lowest BCUT2D eigenvalue weighted by Gasteiger charge is -2.33. The second-order valence-electron chi connectivity index (χ2n) is 5.31. The molecule has 6 nitrogen and oxygen atoms in total.